The fourth-order valence-electron chi connectivity index (χ4n) is 3.21. The van der Waals surface area contributed by atoms with Crippen LogP contribution in [0.1, 0.15) is 23.3 Å². The summed E-state index contributed by atoms with van der Waals surface area (Å²) in [5, 5.41) is 3.00. The lowest BCUT2D eigenvalue weighted by molar-refractivity contribution is 0.0929. The number of halogens is 1. The maximum atomic E-state index is 14.0. The fraction of sp³-hybridized carbons (Fsp3) is 0.294. The Labute approximate surface area is 143 Å². The Kier molecular flexibility index (Phi) is 4.01. The van der Waals surface area contributed by atoms with Crippen LogP contribution in [0.2, 0.25) is 0 Å². The molecule has 1 unspecified atom stereocenters. The van der Waals surface area contributed by atoms with E-state index in [1.807, 2.05) is 11.0 Å². The lowest BCUT2D eigenvalue weighted by Gasteiger charge is -2.34. The summed E-state index contributed by atoms with van der Waals surface area (Å²) in [5.41, 5.74) is 1.81. The molecule has 3 aromatic rings. The number of rotatable bonds is 3. The molecule has 1 amide bonds. The first-order chi connectivity index (χ1) is 12.2. The minimum absolute atomic E-state index is 0.0752. The number of fused-ring (bicyclic) bond motifs is 1. The van der Waals surface area contributed by atoms with Gasteiger partial charge >= 0.3 is 0 Å². The molecular formula is C17H17FN6O. The lowest BCUT2D eigenvalue weighted by atomic mass is 10.0. The monoisotopic (exact) mass is 340 g/mol. The first kappa shape index (κ1) is 15.5. The van der Waals surface area contributed by atoms with Crippen molar-refractivity contribution in [2.75, 3.05) is 18.0 Å². The van der Waals surface area contributed by atoms with E-state index in [9.17, 15) is 9.18 Å². The van der Waals surface area contributed by atoms with Crippen LogP contribution >= 0.6 is 0 Å². The molecule has 1 aliphatic heterocycles. The molecule has 1 aromatic carbocycles. The van der Waals surface area contributed by atoms with E-state index in [2.05, 4.69) is 25.3 Å². The van der Waals surface area contributed by atoms with Gasteiger partial charge in [0, 0.05) is 19.1 Å². The maximum Gasteiger partial charge on any atom is 0.272 e. The highest BCUT2D eigenvalue weighted by Crippen LogP contribution is 2.23. The standard InChI is InChI=1S/C17H17FN6O/c18-12-5-1-2-6-13(12)24-7-3-4-11(8-24)23-17(25)15-14-16(21-9-19-14)22-10-20-15/h1-2,5-6,9-11H,3-4,7-8H2,(H,23,25)(H,19,20,21,22). The molecule has 1 atom stereocenters. The number of imidazole rings is 1. The highest BCUT2D eigenvalue weighted by atomic mass is 19.1. The van der Waals surface area contributed by atoms with Crippen LogP contribution < -0.4 is 10.2 Å². The van der Waals surface area contributed by atoms with Crippen LogP contribution in [-0.4, -0.2) is 45.0 Å². The van der Waals surface area contributed by atoms with Gasteiger partial charge in [-0.2, -0.15) is 0 Å². The Balaban J connectivity index is 1.50. The molecule has 1 fully saturated rings. The molecule has 128 valence electrons. The van der Waals surface area contributed by atoms with Crippen LogP contribution in [0.5, 0.6) is 0 Å². The molecular weight excluding hydrogens is 323 g/mol. The molecule has 2 N–H and O–H groups in total. The summed E-state index contributed by atoms with van der Waals surface area (Å²) >= 11 is 0. The van der Waals surface area contributed by atoms with Crippen LogP contribution in [0, 0.1) is 5.82 Å². The van der Waals surface area contributed by atoms with Gasteiger partial charge in [-0.1, -0.05) is 12.1 Å². The number of nitrogens with zero attached hydrogens (tertiary/aromatic N) is 4. The summed E-state index contributed by atoms with van der Waals surface area (Å²) in [6.07, 6.45) is 4.53. The predicted molar refractivity (Wildman–Crippen MR) is 90.8 cm³/mol. The zero-order valence-corrected chi connectivity index (χ0v) is 13.4. The number of piperidine rings is 1. The summed E-state index contributed by atoms with van der Waals surface area (Å²) < 4.78 is 14.0. The minimum atomic E-state index is -0.281. The Morgan fingerprint density at radius 1 is 1.28 bits per heavy atom. The highest BCUT2D eigenvalue weighted by Gasteiger charge is 2.25. The Morgan fingerprint density at radius 2 is 2.16 bits per heavy atom. The van der Waals surface area contributed by atoms with Gasteiger partial charge in [-0.15, -0.1) is 0 Å². The highest BCUT2D eigenvalue weighted by molar-refractivity contribution is 6.02. The van der Waals surface area contributed by atoms with Gasteiger partial charge in [0.25, 0.3) is 5.91 Å². The van der Waals surface area contributed by atoms with E-state index in [1.54, 1.807) is 12.1 Å². The van der Waals surface area contributed by atoms with Crippen LogP contribution in [-0.2, 0) is 0 Å². The summed E-state index contributed by atoms with van der Waals surface area (Å²) in [5.74, 6) is -0.526. The molecule has 0 spiro atoms. The second-order valence-corrected chi connectivity index (χ2v) is 6.03. The molecule has 0 saturated carbocycles. The fourth-order valence-corrected chi connectivity index (χ4v) is 3.21. The van der Waals surface area contributed by atoms with Gasteiger partial charge in [0.1, 0.15) is 17.7 Å². The third kappa shape index (κ3) is 3.02. The van der Waals surface area contributed by atoms with Gasteiger partial charge in [0.05, 0.1) is 12.0 Å². The second kappa shape index (κ2) is 6.46. The number of benzene rings is 1. The van der Waals surface area contributed by atoms with Crippen molar-refractivity contribution >= 4 is 22.8 Å². The van der Waals surface area contributed by atoms with Crippen LogP contribution in [0.15, 0.2) is 36.9 Å². The molecule has 2 aromatic heterocycles. The number of amides is 1. The van der Waals surface area contributed by atoms with Crippen LogP contribution in [0.3, 0.4) is 0 Å². The van der Waals surface area contributed by atoms with Gasteiger partial charge < -0.3 is 15.2 Å². The van der Waals surface area contributed by atoms with Crippen molar-refractivity contribution in [1.29, 1.82) is 0 Å². The molecule has 8 heteroatoms. The topological polar surface area (TPSA) is 86.8 Å². The van der Waals surface area contributed by atoms with Crippen molar-refractivity contribution in [3.05, 3.63) is 48.4 Å². The van der Waals surface area contributed by atoms with Gasteiger partial charge in [-0.25, -0.2) is 19.3 Å². The van der Waals surface area contributed by atoms with E-state index in [0.717, 1.165) is 19.4 Å². The summed E-state index contributed by atoms with van der Waals surface area (Å²) in [6, 6.07) is 6.63. The van der Waals surface area contributed by atoms with Crippen molar-refractivity contribution in [3.8, 4) is 0 Å². The van der Waals surface area contributed by atoms with Gasteiger partial charge in [-0.05, 0) is 25.0 Å². The van der Waals surface area contributed by atoms with Crippen molar-refractivity contribution in [2.24, 2.45) is 0 Å². The molecule has 0 bridgehead atoms. The average Bonchev–Trinajstić information content (AvgIpc) is 3.11. The molecule has 4 rings (SSSR count). The number of hydrogen-bond donors (Lipinski definition) is 2. The van der Waals surface area contributed by atoms with E-state index in [-0.39, 0.29) is 23.5 Å². The summed E-state index contributed by atoms with van der Waals surface area (Å²) in [4.78, 5) is 29.6. The van der Waals surface area contributed by atoms with Crippen LogP contribution in [0.25, 0.3) is 11.2 Å². The Morgan fingerprint density at radius 3 is 3.04 bits per heavy atom. The normalized spacial score (nSPS) is 17.6. The second-order valence-electron chi connectivity index (χ2n) is 6.03. The van der Waals surface area contributed by atoms with Gasteiger partial charge in [0.2, 0.25) is 0 Å². The third-order valence-electron chi connectivity index (χ3n) is 4.39. The Bertz CT molecular complexity index is 911. The number of carbonyl (C=O) groups is 1. The van der Waals surface area contributed by atoms with Crippen molar-refractivity contribution in [2.45, 2.75) is 18.9 Å². The maximum absolute atomic E-state index is 14.0. The first-order valence-electron chi connectivity index (χ1n) is 8.17. The summed E-state index contributed by atoms with van der Waals surface area (Å²) in [7, 11) is 0. The largest absolute Gasteiger partial charge is 0.367 e. The van der Waals surface area contributed by atoms with Crippen molar-refractivity contribution in [3.63, 3.8) is 0 Å². The number of anilines is 1. The number of nitrogens with one attached hydrogen (secondary N) is 2. The number of para-hydroxylation sites is 1. The first-order valence-corrected chi connectivity index (χ1v) is 8.17. The average molecular weight is 340 g/mol. The third-order valence-corrected chi connectivity index (χ3v) is 4.39. The van der Waals surface area contributed by atoms with Crippen molar-refractivity contribution < 1.29 is 9.18 Å². The van der Waals surface area contributed by atoms with Crippen LogP contribution in [0.4, 0.5) is 10.1 Å². The molecule has 1 aliphatic rings. The van der Waals surface area contributed by atoms with Gasteiger partial charge in [-0.3, -0.25) is 4.79 Å². The van der Waals surface area contributed by atoms with E-state index < -0.39 is 0 Å². The minimum Gasteiger partial charge on any atom is -0.367 e. The van der Waals surface area contributed by atoms with E-state index >= 15 is 0 Å². The zero-order valence-electron chi connectivity index (χ0n) is 13.4. The molecule has 0 radical (unpaired) electrons. The molecule has 25 heavy (non-hydrogen) atoms. The van der Waals surface area contributed by atoms with E-state index in [0.29, 0.717) is 23.4 Å². The predicted octanol–water partition coefficient (Wildman–Crippen LogP) is 1.89. The zero-order chi connectivity index (χ0) is 17.2. The molecule has 7 nitrogen and oxygen atoms in total. The van der Waals surface area contributed by atoms with Crippen molar-refractivity contribution in [1.82, 2.24) is 25.3 Å². The molecule has 3 heterocycles. The number of carbonyl (C=O) groups excluding carboxylic acids is 1. The number of hydrogen-bond acceptors (Lipinski definition) is 5. The number of H-pyrrole nitrogens is 1. The SMILES string of the molecule is O=C(NC1CCCN(c2ccccc2F)C1)c1ncnc2nc[nH]c12. The quantitative estimate of drug-likeness (QED) is 0.760. The van der Waals surface area contributed by atoms with E-state index in [1.165, 1.54) is 18.7 Å². The smallest absolute Gasteiger partial charge is 0.272 e. The lowest BCUT2D eigenvalue weighted by Crippen LogP contribution is -2.48. The Hall–Kier alpha value is -3.03. The van der Waals surface area contributed by atoms with Gasteiger partial charge in [0.15, 0.2) is 11.3 Å². The molecule has 0 aliphatic carbocycles. The van der Waals surface area contributed by atoms with E-state index in [4.69, 9.17) is 0 Å². The number of aromatic amines is 1. The summed E-state index contributed by atoms with van der Waals surface area (Å²) in [6.45, 7) is 1.33. The molecule has 1 saturated heterocycles. The number of aromatic nitrogens is 4.